The second-order valence-electron chi connectivity index (χ2n) is 4.18. The van der Waals surface area contributed by atoms with Crippen LogP contribution in [0.1, 0.15) is 23.2 Å². The Balaban J connectivity index is 1.78. The molecule has 0 aromatic carbocycles. The maximum atomic E-state index is 5.50. The second kappa shape index (κ2) is 5.13. The van der Waals surface area contributed by atoms with Crippen LogP contribution >= 0.6 is 11.3 Å². The molecule has 1 unspecified atom stereocenters. The summed E-state index contributed by atoms with van der Waals surface area (Å²) in [5, 5.41) is 6.92. The Kier molecular flexibility index (Phi) is 3.35. The second-order valence-corrected chi connectivity index (χ2v) is 5.13. The topological polar surface area (TPSA) is 87.1 Å². The fourth-order valence-corrected chi connectivity index (χ4v) is 2.68. The molecule has 1 atom stereocenters. The van der Waals surface area contributed by atoms with Gasteiger partial charge in [-0.2, -0.15) is 4.98 Å². The Hall–Kier alpha value is -1.31. The third-order valence-corrected chi connectivity index (χ3v) is 3.77. The number of hydrogen-bond donors (Lipinski definition) is 1. The normalized spacial score (nSPS) is 19.5. The fraction of sp³-hybridized carbons (Fsp3) is 0.545. The largest absolute Gasteiger partial charge is 0.381 e. The summed E-state index contributed by atoms with van der Waals surface area (Å²) in [5.74, 6) is 1.46. The molecule has 0 saturated carbocycles. The molecule has 3 rings (SSSR count). The van der Waals surface area contributed by atoms with Gasteiger partial charge in [-0.1, -0.05) is 5.16 Å². The number of ether oxygens (including phenoxy) is 1. The summed E-state index contributed by atoms with van der Waals surface area (Å²) in [6.45, 7) is 2.04. The molecule has 0 bridgehead atoms. The highest BCUT2D eigenvalue weighted by Crippen LogP contribution is 2.26. The minimum Gasteiger partial charge on any atom is -0.381 e. The third-order valence-electron chi connectivity index (χ3n) is 2.87. The molecule has 1 fully saturated rings. The average Bonchev–Trinajstić information content (AvgIpc) is 3.10. The molecule has 2 aromatic heterocycles. The number of nitrogens with zero attached hydrogens (tertiary/aromatic N) is 3. The van der Waals surface area contributed by atoms with Crippen LogP contribution in [0.5, 0.6) is 0 Å². The van der Waals surface area contributed by atoms with Crippen LogP contribution in [-0.4, -0.2) is 34.9 Å². The molecule has 1 saturated heterocycles. The van der Waals surface area contributed by atoms with Gasteiger partial charge in [0.1, 0.15) is 5.69 Å². The van der Waals surface area contributed by atoms with E-state index in [-0.39, 0.29) is 5.92 Å². The first-order chi connectivity index (χ1) is 8.86. The van der Waals surface area contributed by atoms with E-state index in [1.165, 1.54) is 0 Å². The molecule has 2 aromatic rings. The summed E-state index contributed by atoms with van der Waals surface area (Å²) in [4.78, 5) is 8.81. The van der Waals surface area contributed by atoms with Gasteiger partial charge in [0.05, 0.1) is 11.6 Å². The summed E-state index contributed by atoms with van der Waals surface area (Å²) in [5.41, 5.74) is 6.23. The van der Waals surface area contributed by atoms with Crippen LogP contribution in [0.15, 0.2) is 9.90 Å². The van der Waals surface area contributed by atoms with Gasteiger partial charge in [0, 0.05) is 24.3 Å². The average molecular weight is 266 g/mol. The van der Waals surface area contributed by atoms with Crippen LogP contribution in [-0.2, 0) is 11.2 Å². The molecule has 0 amide bonds. The zero-order valence-corrected chi connectivity index (χ0v) is 10.7. The van der Waals surface area contributed by atoms with Crippen molar-refractivity contribution in [2.24, 2.45) is 5.73 Å². The lowest BCUT2D eigenvalue weighted by Crippen LogP contribution is -2.02. The predicted molar refractivity (Wildman–Crippen MR) is 66.3 cm³/mol. The van der Waals surface area contributed by atoms with Gasteiger partial charge in [-0.3, -0.25) is 0 Å². The summed E-state index contributed by atoms with van der Waals surface area (Å²) in [6.07, 6.45) is 1.73. The molecule has 3 heterocycles. The van der Waals surface area contributed by atoms with Gasteiger partial charge in [-0.15, -0.1) is 11.3 Å². The Morgan fingerprint density at radius 1 is 1.44 bits per heavy atom. The Morgan fingerprint density at radius 3 is 3.17 bits per heavy atom. The van der Waals surface area contributed by atoms with E-state index in [1.807, 2.05) is 5.38 Å². The molecule has 6 nitrogen and oxygen atoms in total. The van der Waals surface area contributed by atoms with Crippen molar-refractivity contribution in [1.29, 1.82) is 0 Å². The number of nitrogens with two attached hydrogens (primary N) is 1. The zero-order valence-electron chi connectivity index (χ0n) is 9.83. The van der Waals surface area contributed by atoms with Crippen LogP contribution in [0.4, 0.5) is 0 Å². The number of rotatable bonds is 4. The Bertz CT molecular complexity index is 519. The maximum Gasteiger partial charge on any atom is 0.277 e. The molecule has 1 aliphatic heterocycles. The van der Waals surface area contributed by atoms with Crippen LogP contribution in [0.25, 0.3) is 11.6 Å². The minimum absolute atomic E-state index is 0.254. The summed E-state index contributed by atoms with van der Waals surface area (Å²) in [7, 11) is 0. The summed E-state index contributed by atoms with van der Waals surface area (Å²) in [6, 6.07) is 0. The number of hydrogen-bond acceptors (Lipinski definition) is 7. The smallest absolute Gasteiger partial charge is 0.277 e. The Morgan fingerprint density at radius 2 is 2.39 bits per heavy atom. The van der Waals surface area contributed by atoms with Crippen LogP contribution in [0.2, 0.25) is 0 Å². The molecule has 0 radical (unpaired) electrons. The van der Waals surface area contributed by atoms with E-state index in [0.29, 0.717) is 19.0 Å². The van der Waals surface area contributed by atoms with Gasteiger partial charge in [0.25, 0.3) is 5.89 Å². The van der Waals surface area contributed by atoms with E-state index < -0.39 is 0 Å². The lowest BCUT2D eigenvalue weighted by Gasteiger charge is -1.97. The first kappa shape index (κ1) is 11.8. The minimum atomic E-state index is 0.254. The first-order valence-corrected chi connectivity index (χ1v) is 6.81. The lowest BCUT2D eigenvalue weighted by atomic mass is 10.1. The van der Waals surface area contributed by atoms with E-state index in [1.54, 1.807) is 11.3 Å². The number of aromatic nitrogens is 3. The lowest BCUT2D eigenvalue weighted by molar-refractivity contribution is 0.192. The highest BCUT2D eigenvalue weighted by molar-refractivity contribution is 7.09. The monoisotopic (exact) mass is 266 g/mol. The standard InChI is InChI=1S/C11H14N4O2S/c12-3-1-9-13-8(6-18-9)11-14-10(15-17-11)7-2-4-16-5-7/h6-7H,1-5,12H2. The highest BCUT2D eigenvalue weighted by atomic mass is 32.1. The van der Waals surface area contributed by atoms with Crippen molar-refractivity contribution in [3.63, 3.8) is 0 Å². The van der Waals surface area contributed by atoms with Crippen molar-refractivity contribution in [3.8, 4) is 11.6 Å². The SMILES string of the molecule is NCCc1nc(-c2nc(C3CCOC3)no2)cs1. The first-order valence-electron chi connectivity index (χ1n) is 5.93. The molecule has 7 heteroatoms. The van der Waals surface area contributed by atoms with Gasteiger partial charge < -0.3 is 15.0 Å². The molecule has 96 valence electrons. The molecule has 2 N–H and O–H groups in total. The summed E-state index contributed by atoms with van der Waals surface area (Å²) < 4.78 is 10.6. The molecular weight excluding hydrogens is 252 g/mol. The Labute approximate surface area is 108 Å². The van der Waals surface area contributed by atoms with E-state index >= 15 is 0 Å². The van der Waals surface area contributed by atoms with E-state index in [4.69, 9.17) is 15.0 Å². The highest BCUT2D eigenvalue weighted by Gasteiger charge is 2.24. The van der Waals surface area contributed by atoms with Gasteiger partial charge in [-0.25, -0.2) is 4.98 Å². The van der Waals surface area contributed by atoms with E-state index in [2.05, 4.69) is 15.1 Å². The maximum absolute atomic E-state index is 5.50. The van der Waals surface area contributed by atoms with Crippen LogP contribution in [0.3, 0.4) is 0 Å². The van der Waals surface area contributed by atoms with Crippen molar-refractivity contribution in [2.75, 3.05) is 19.8 Å². The summed E-state index contributed by atoms with van der Waals surface area (Å²) >= 11 is 1.57. The molecular formula is C11H14N4O2S. The molecule has 1 aliphatic rings. The fourth-order valence-electron chi connectivity index (χ4n) is 1.89. The van der Waals surface area contributed by atoms with Crippen LogP contribution < -0.4 is 5.73 Å². The van der Waals surface area contributed by atoms with Crippen molar-refractivity contribution >= 4 is 11.3 Å². The molecule has 0 aliphatic carbocycles. The number of thiazole rings is 1. The zero-order chi connectivity index (χ0) is 12.4. The van der Waals surface area contributed by atoms with Crippen molar-refractivity contribution in [3.05, 3.63) is 16.2 Å². The molecule has 0 spiro atoms. The van der Waals surface area contributed by atoms with Gasteiger partial charge >= 0.3 is 0 Å². The van der Waals surface area contributed by atoms with Gasteiger partial charge in [0.15, 0.2) is 5.82 Å². The predicted octanol–water partition coefficient (Wildman–Crippen LogP) is 1.20. The van der Waals surface area contributed by atoms with Crippen molar-refractivity contribution in [1.82, 2.24) is 15.1 Å². The van der Waals surface area contributed by atoms with Gasteiger partial charge in [-0.05, 0) is 13.0 Å². The van der Waals surface area contributed by atoms with Crippen molar-refractivity contribution in [2.45, 2.75) is 18.8 Å². The van der Waals surface area contributed by atoms with E-state index in [0.717, 1.165) is 36.0 Å². The molecule has 18 heavy (non-hydrogen) atoms. The van der Waals surface area contributed by atoms with E-state index in [9.17, 15) is 0 Å². The third kappa shape index (κ3) is 2.29. The quantitative estimate of drug-likeness (QED) is 0.894. The van der Waals surface area contributed by atoms with Crippen molar-refractivity contribution < 1.29 is 9.26 Å². The van der Waals surface area contributed by atoms with Crippen LogP contribution in [0, 0.1) is 0 Å². The van der Waals surface area contributed by atoms with Gasteiger partial charge in [0.2, 0.25) is 0 Å².